The van der Waals surface area contributed by atoms with E-state index in [-0.39, 0.29) is 18.2 Å². The summed E-state index contributed by atoms with van der Waals surface area (Å²) >= 11 is 0. The van der Waals surface area contributed by atoms with Crippen molar-refractivity contribution < 1.29 is 14.3 Å². The lowest BCUT2D eigenvalue weighted by molar-refractivity contribution is -0.149. The second-order valence-corrected chi connectivity index (χ2v) is 8.44. The average molecular weight is 444 g/mol. The number of nitrogens with zero attached hydrogens (tertiary/aromatic N) is 3. The number of benzene rings is 2. The molecule has 170 valence electrons. The molecule has 1 aliphatic rings. The van der Waals surface area contributed by atoms with Gasteiger partial charge in [-0.3, -0.25) is 14.6 Å². The maximum atomic E-state index is 13.4. The standard InChI is InChI=1S/C27H29N3O3/c1-19-16-20(8-9-25(19)33-3)17-26(31)30-15-14-29(2)27(32)24(30)18-22-6-4-5-7-23(22)21-10-12-28-13-11-21/h4-13,16,24H,14-15,17-18H2,1-3H3/t24-/m0/s1. The molecule has 3 aromatic rings. The predicted octanol–water partition coefficient (Wildman–Crippen LogP) is 3.52. The van der Waals surface area contributed by atoms with Gasteiger partial charge < -0.3 is 14.5 Å². The Balaban J connectivity index is 1.60. The molecule has 1 saturated heterocycles. The first kappa shape index (κ1) is 22.5. The number of piperazine rings is 1. The van der Waals surface area contributed by atoms with Crippen molar-refractivity contribution in [2.24, 2.45) is 0 Å². The van der Waals surface area contributed by atoms with E-state index in [1.54, 1.807) is 36.4 Å². The number of ether oxygens (including phenoxy) is 1. The minimum atomic E-state index is -0.529. The molecule has 1 aliphatic heterocycles. The number of pyridine rings is 1. The van der Waals surface area contributed by atoms with Crippen LogP contribution in [0.25, 0.3) is 11.1 Å². The van der Waals surface area contributed by atoms with Gasteiger partial charge in [0.1, 0.15) is 11.8 Å². The molecule has 0 bridgehead atoms. The Morgan fingerprint density at radius 2 is 1.85 bits per heavy atom. The van der Waals surface area contributed by atoms with Crippen LogP contribution in [0, 0.1) is 6.92 Å². The zero-order valence-electron chi connectivity index (χ0n) is 19.3. The maximum absolute atomic E-state index is 13.4. The molecule has 0 saturated carbocycles. The van der Waals surface area contributed by atoms with E-state index in [1.165, 1.54) is 0 Å². The highest BCUT2D eigenvalue weighted by Crippen LogP contribution is 2.27. The van der Waals surface area contributed by atoms with E-state index < -0.39 is 6.04 Å². The number of likely N-dealkylation sites (N-methyl/N-ethyl adjacent to an activating group) is 1. The Morgan fingerprint density at radius 3 is 2.58 bits per heavy atom. The Morgan fingerprint density at radius 1 is 1.09 bits per heavy atom. The van der Waals surface area contributed by atoms with Crippen LogP contribution >= 0.6 is 0 Å². The number of amides is 2. The molecule has 2 amide bonds. The fourth-order valence-electron chi connectivity index (χ4n) is 4.45. The number of hydrogen-bond donors (Lipinski definition) is 0. The quantitative estimate of drug-likeness (QED) is 0.585. The molecule has 0 spiro atoms. The van der Waals surface area contributed by atoms with Gasteiger partial charge >= 0.3 is 0 Å². The molecular formula is C27H29N3O3. The first-order valence-corrected chi connectivity index (χ1v) is 11.1. The Labute approximate surface area is 194 Å². The molecule has 0 N–H and O–H groups in total. The van der Waals surface area contributed by atoms with Gasteiger partial charge in [0, 0.05) is 39.0 Å². The summed E-state index contributed by atoms with van der Waals surface area (Å²) in [4.78, 5) is 34.1. The van der Waals surface area contributed by atoms with Crippen LogP contribution in [0.3, 0.4) is 0 Å². The van der Waals surface area contributed by atoms with E-state index in [1.807, 2.05) is 61.5 Å². The number of rotatable bonds is 6. The largest absolute Gasteiger partial charge is 0.496 e. The molecule has 2 heterocycles. The van der Waals surface area contributed by atoms with E-state index >= 15 is 0 Å². The van der Waals surface area contributed by atoms with Crippen LogP contribution in [-0.2, 0) is 22.4 Å². The first-order chi connectivity index (χ1) is 16.0. The van der Waals surface area contributed by atoms with Crippen LogP contribution in [0.1, 0.15) is 16.7 Å². The molecule has 1 aromatic heterocycles. The predicted molar refractivity (Wildman–Crippen MR) is 128 cm³/mol. The van der Waals surface area contributed by atoms with Gasteiger partial charge in [-0.2, -0.15) is 0 Å². The third-order valence-corrected chi connectivity index (χ3v) is 6.27. The zero-order chi connectivity index (χ0) is 23.4. The third kappa shape index (κ3) is 4.90. The first-order valence-electron chi connectivity index (χ1n) is 11.1. The topological polar surface area (TPSA) is 62.7 Å². The van der Waals surface area contributed by atoms with Gasteiger partial charge in [-0.25, -0.2) is 0 Å². The van der Waals surface area contributed by atoms with Gasteiger partial charge in [0.25, 0.3) is 0 Å². The van der Waals surface area contributed by atoms with Crippen molar-refractivity contribution in [3.63, 3.8) is 0 Å². The molecule has 0 unspecified atom stereocenters. The summed E-state index contributed by atoms with van der Waals surface area (Å²) in [5, 5.41) is 0. The summed E-state index contributed by atoms with van der Waals surface area (Å²) in [6, 6.07) is 17.2. The van der Waals surface area contributed by atoms with Crippen molar-refractivity contribution in [3.8, 4) is 16.9 Å². The monoisotopic (exact) mass is 443 g/mol. The van der Waals surface area contributed by atoms with E-state index in [9.17, 15) is 9.59 Å². The van der Waals surface area contributed by atoms with Crippen molar-refractivity contribution in [1.82, 2.24) is 14.8 Å². The summed E-state index contributed by atoms with van der Waals surface area (Å²) < 4.78 is 5.33. The van der Waals surface area contributed by atoms with E-state index in [0.29, 0.717) is 19.5 Å². The highest BCUT2D eigenvalue weighted by atomic mass is 16.5. The Kier molecular flexibility index (Phi) is 6.73. The number of aryl methyl sites for hydroxylation is 1. The molecule has 1 atom stereocenters. The number of aromatic nitrogens is 1. The zero-order valence-corrected chi connectivity index (χ0v) is 19.3. The number of carbonyl (C=O) groups is 2. The molecule has 0 aliphatic carbocycles. The molecule has 33 heavy (non-hydrogen) atoms. The lowest BCUT2D eigenvalue weighted by Crippen LogP contribution is -2.58. The minimum absolute atomic E-state index is 0.0231. The lowest BCUT2D eigenvalue weighted by atomic mass is 9.93. The minimum Gasteiger partial charge on any atom is -0.496 e. The van der Waals surface area contributed by atoms with E-state index in [0.717, 1.165) is 33.6 Å². The van der Waals surface area contributed by atoms with Crippen LogP contribution in [0.4, 0.5) is 0 Å². The maximum Gasteiger partial charge on any atom is 0.245 e. The highest BCUT2D eigenvalue weighted by molar-refractivity contribution is 5.90. The molecule has 0 radical (unpaired) electrons. The molecule has 4 rings (SSSR count). The molecule has 2 aromatic carbocycles. The van der Waals surface area contributed by atoms with Crippen LogP contribution in [-0.4, -0.2) is 59.9 Å². The summed E-state index contributed by atoms with van der Waals surface area (Å²) in [6.07, 6.45) is 4.25. The SMILES string of the molecule is COc1ccc(CC(=O)N2CCN(C)C(=O)[C@@H]2Cc2ccccc2-c2ccncc2)cc1C. The smallest absolute Gasteiger partial charge is 0.245 e. The van der Waals surface area contributed by atoms with Crippen LogP contribution in [0.15, 0.2) is 67.0 Å². The summed E-state index contributed by atoms with van der Waals surface area (Å²) in [5.41, 5.74) is 5.04. The summed E-state index contributed by atoms with van der Waals surface area (Å²) in [6.45, 7) is 3.03. The van der Waals surface area contributed by atoms with Crippen molar-refractivity contribution in [2.75, 3.05) is 27.2 Å². The van der Waals surface area contributed by atoms with E-state index in [4.69, 9.17) is 4.74 Å². The average Bonchev–Trinajstić information content (AvgIpc) is 2.83. The second-order valence-electron chi connectivity index (χ2n) is 8.44. The lowest BCUT2D eigenvalue weighted by Gasteiger charge is -2.39. The van der Waals surface area contributed by atoms with Gasteiger partial charge in [-0.15, -0.1) is 0 Å². The van der Waals surface area contributed by atoms with Crippen LogP contribution in [0.2, 0.25) is 0 Å². The third-order valence-electron chi connectivity index (χ3n) is 6.27. The van der Waals surface area contributed by atoms with Gasteiger partial charge in [-0.1, -0.05) is 36.4 Å². The van der Waals surface area contributed by atoms with Gasteiger partial charge in [0.2, 0.25) is 11.8 Å². The van der Waals surface area contributed by atoms with Gasteiger partial charge in [0.15, 0.2) is 0 Å². The second kappa shape index (κ2) is 9.86. The van der Waals surface area contributed by atoms with Crippen molar-refractivity contribution in [2.45, 2.75) is 25.8 Å². The molecular weight excluding hydrogens is 414 g/mol. The highest BCUT2D eigenvalue weighted by Gasteiger charge is 2.36. The number of hydrogen-bond acceptors (Lipinski definition) is 4. The van der Waals surface area contributed by atoms with Crippen LogP contribution < -0.4 is 4.74 Å². The fraction of sp³-hybridized carbons (Fsp3) is 0.296. The molecule has 6 nitrogen and oxygen atoms in total. The van der Waals surface area contributed by atoms with Crippen LogP contribution in [0.5, 0.6) is 5.75 Å². The van der Waals surface area contributed by atoms with Crippen molar-refractivity contribution >= 4 is 11.8 Å². The normalized spacial score (nSPS) is 16.1. The molecule has 1 fully saturated rings. The fourth-order valence-corrected chi connectivity index (χ4v) is 4.45. The van der Waals surface area contributed by atoms with Gasteiger partial charge in [-0.05, 0) is 52.9 Å². The van der Waals surface area contributed by atoms with Gasteiger partial charge in [0.05, 0.1) is 13.5 Å². The summed E-state index contributed by atoms with van der Waals surface area (Å²) in [5.74, 6) is 0.740. The molecule has 6 heteroatoms. The van der Waals surface area contributed by atoms with E-state index in [2.05, 4.69) is 4.98 Å². The van der Waals surface area contributed by atoms with Crippen molar-refractivity contribution in [1.29, 1.82) is 0 Å². The van der Waals surface area contributed by atoms with Crippen molar-refractivity contribution in [3.05, 3.63) is 83.7 Å². The Hall–Kier alpha value is -3.67. The number of carbonyl (C=O) groups excluding carboxylic acids is 2. The summed E-state index contributed by atoms with van der Waals surface area (Å²) in [7, 11) is 3.44. The number of methoxy groups -OCH3 is 1. The Bertz CT molecular complexity index is 1150.